The molecule has 1 saturated heterocycles. The highest BCUT2D eigenvalue weighted by molar-refractivity contribution is 5.05. The van der Waals surface area contributed by atoms with E-state index in [0.29, 0.717) is 0 Å². The van der Waals surface area contributed by atoms with Gasteiger partial charge in [0.25, 0.3) is 0 Å². The second kappa shape index (κ2) is 6.38. The molecule has 0 aromatic rings. The molecule has 2 unspecified atom stereocenters. The molecule has 1 spiro atoms. The van der Waals surface area contributed by atoms with Crippen molar-refractivity contribution in [3.63, 3.8) is 0 Å². The summed E-state index contributed by atoms with van der Waals surface area (Å²) in [6.07, 6.45) is 9.87. The van der Waals surface area contributed by atoms with Gasteiger partial charge in [-0.05, 0) is 70.6 Å². The molecule has 1 aliphatic heterocycles. The molecule has 106 valence electrons. The summed E-state index contributed by atoms with van der Waals surface area (Å²) in [7, 11) is 2.26. The van der Waals surface area contributed by atoms with Gasteiger partial charge in [-0.1, -0.05) is 26.2 Å². The molecule has 0 radical (unpaired) electrons. The molecular formula is C16H32N2. The Morgan fingerprint density at radius 3 is 2.67 bits per heavy atom. The monoisotopic (exact) mass is 252 g/mol. The summed E-state index contributed by atoms with van der Waals surface area (Å²) in [5.74, 6) is 0.986. The van der Waals surface area contributed by atoms with Crippen molar-refractivity contribution in [2.75, 3.05) is 26.7 Å². The minimum Gasteiger partial charge on any atom is -0.314 e. The molecule has 2 nitrogen and oxygen atoms in total. The molecule has 1 N–H and O–H groups in total. The second-order valence-corrected chi connectivity index (χ2v) is 6.87. The molecule has 2 fully saturated rings. The van der Waals surface area contributed by atoms with Crippen molar-refractivity contribution >= 4 is 0 Å². The lowest BCUT2D eigenvalue weighted by Gasteiger charge is -2.30. The van der Waals surface area contributed by atoms with E-state index in [1.807, 2.05) is 0 Å². The lowest BCUT2D eigenvalue weighted by Crippen LogP contribution is -2.34. The molecule has 2 atom stereocenters. The van der Waals surface area contributed by atoms with E-state index in [0.717, 1.165) is 17.4 Å². The SMILES string of the molecule is CCCCCC(C)NCC1CC12CCN(C)CC2. The third-order valence-electron chi connectivity index (χ3n) is 5.30. The number of hydrogen-bond acceptors (Lipinski definition) is 2. The average Bonchev–Trinajstić information content (AvgIpc) is 3.05. The van der Waals surface area contributed by atoms with Crippen LogP contribution in [0.4, 0.5) is 0 Å². The van der Waals surface area contributed by atoms with Crippen LogP contribution < -0.4 is 5.32 Å². The first kappa shape index (κ1) is 14.3. The lowest BCUT2D eigenvalue weighted by atomic mass is 9.91. The van der Waals surface area contributed by atoms with E-state index in [2.05, 4.69) is 31.1 Å². The molecule has 1 heterocycles. The van der Waals surface area contributed by atoms with Gasteiger partial charge in [-0.15, -0.1) is 0 Å². The summed E-state index contributed by atoms with van der Waals surface area (Å²) in [6.45, 7) is 8.56. The van der Waals surface area contributed by atoms with Crippen molar-refractivity contribution in [1.82, 2.24) is 10.2 Å². The highest BCUT2D eigenvalue weighted by Crippen LogP contribution is 2.58. The molecular weight excluding hydrogens is 220 g/mol. The van der Waals surface area contributed by atoms with E-state index in [-0.39, 0.29) is 0 Å². The van der Waals surface area contributed by atoms with Crippen LogP contribution in [0.15, 0.2) is 0 Å². The van der Waals surface area contributed by atoms with Crippen molar-refractivity contribution in [2.45, 2.75) is 64.8 Å². The highest BCUT2D eigenvalue weighted by atomic mass is 15.1. The number of likely N-dealkylation sites (tertiary alicyclic amines) is 1. The summed E-state index contributed by atoms with van der Waals surface area (Å²) in [6, 6.07) is 0.723. The van der Waals surface area contributed by atoms with Crippen LogP contribution in [0.2, 0.25) is 0 Å². The molecule has 2 heteroatoms. The van der Waals surface area contributed by atoms with Gasteiger partial charge in [0.1, 0.15) is 0 Å². The normalized spacial score (nSPS) is 28.5. The fourth-order valence-electron chi connectivity index (χ4n) is 3.54. The van der Waals surface area contributed by atoms with Crippen molar-refractivity contribution < 1.29 is 0 Å². The second-order valence-electron chi connectivity index (χ2n) is 6.87. The van der Waals surface area contributed by atoms with E-state index in [9.17, 15) is 0 Å². The molecule has 2 rings (SSSR count). The first-order valence-electron chi connectivity index (χ1n) is 8.08. The standard InChI is InChI=1S/C16H32N2/c1-4-5-6-7-14(2)17-13-15-12-16(15)8-10-18(3)11-9-16/h14-15,17H,4-13H2,1-3H3. The fraction of sp³-hybridized carbons (Fsp3) is 1.00. The van der Waals surface area contributed by atoms with Crippen LogP contribution in [0.5, 0.6) is 0 Å². The van der Waals surface area contributed by atoms with Gasteiger partial charge in [0, 0.05) is 6.04 Å². The van der Waals surface area contributed by atoms with Crippen molar-refractivity contribution in [2.24, 2.45) is 11.3 Å². The summed E-state index contributed by atoms with van der Waals surface area (Å²) in [5.41, 5.74) is 0.753. The first-order valence-corrected chi connectivity index (χ1v) is 8.08. The van der Waals surface area contributed by atoms with Gasteiger partial charge in [-0.25, -0.2) is 0 Å². The van der Waals surface area contributed by atoms with Gasteiger partial charge in [-0.3, -0.25) is 0 Å². The summed E-state index contributed by atoms with van der Waals surface area (Å²) in [5, 5.41) is 3.77. The Labute approximate surface area is 114 Å². The fourth-order valence-corrected chi connectivity index (χ4v) is 3.54. The molecule has 0 aromatic carbocycles. The van der Waals surface area contributed by atoms with Crippen LogP contribution in [0.1, 0.15) is 58.8 Å². The zero-order valence-electron chi connectivity index (χ0n) is 12.7. The number of hydrogen-bond donors (Lipinski definition) is 1. The Morgan fingerprint density at radius 2 is 2.00 bits per heavy atom. The van der Waals surface area contributed by atoms with Crippen molar-refractivity contribution in [3.8, 4) is 0 Å². The van der Waals surface area contributed by atoms with Crippen molar-refractivity contribution in [3.05, 3.63) is 0 Å². The number of piperidine rings is 1. The van der Waals surface area contributed by atoms with Gasteiger partial charge < -0.3 is 10.2 Å². The predicted octanol–water partition coefficient (Wildman–Crippen LogP) is 3.28. The zero-order valence-corrected chi connectivity index (χ0v) is 12.7. The largest absolute Gasteiger partial charge is 0.314 e. The maximum atomic E-state index is 3.77. The van der Waals surface area contributed by atoms with Crippen LogP contribution in [0.3, 0.4) is 0 Å². The van der Waals surface area contributed by atoms with Gasteiger partial charge in [0.2, 0.25) is 0 Å². The summed E-state index contributed by atoms with van der Waals surface area (Å²) < 4.78 is 0. The zero-order chi connectivity index (χ0) is 13.0. The Hall–Kier alpha value is -0.0800. The molecule has 0 bridgehead atoms. The summed E-state index contributed by atoms with van der Waals surface area (Å²) >= 11 is 0. The van der Waals surface area contributed by atoms with E-state index < -0.39 is 0 Å². The lowest BCUT2D eigenvalue weighted by molar-refractivity contribution is 0.191. The first-order chi connectivity index (χ1) is 8.66. The Balaban J connectivity index is 1.58. The maximum Gasteiger partial charge on any atom is 0.00388 e. The average molecular weight is 252 g/mol. The predicted molar refractivity (Wildman–Crippen MR) is 78.9 cm³/mol. The Bertz CT molecular complexity index is 243. The van der Waals surface area contributed by atoms with Gasteiger partial charge in [-0.2, -0.15) is 0 Å². The number of unbranched alkanes of at least 4 members (excludes halogenated alkanes) is 2. The third kappa shape index (κ3) is 3.71. The van der Waals surface area contributed by atoms with Crippen LogP contribution in [-0.4, -0.2) is 37.6 Å². The minimum atomic E-state index is 0.723. The minimum absolute atomic E-state index is 0.723. The molecule has 0 amide bonds. The van der Waals surface area contributed by atoms with Crippen molar-refractivity contribution in [1.29, 1.82) is 0 Å². The molecule has 2 aliphatic rings. The van der Waals surface area contributed by atoms with E-state index in [1.54, 1.807) is 0 Å². The molecule has 1 saturated carbocycles. The van der Waals surface area contributed by atoms with E-state index in [4.69, 9.17) is 0 Å². The third-order valence-corrected chi connectivity index (χ3v) is 5.30. The van der Waals surface area contributed by atoms with Crippen LogP contribution in [0, 0.1) is 11.3 Å². The van der Waals surface area contributed by atoms with Crippen LogP contribution >= 0.6 is 0 Å². The van der Waals surface area contributed by atoms with Crippen LogP contribution in [-0.2, 0) is 0 Å². The van der Waals surface area contributed by atoms with E-state index >= 15 is 0 Å². The number of rotatable bonds is 7. The molecule has 0 aromatic heterocycles. The van der Waals surface area contributed by atoms with Gasteiger partial charge in [0.05, 0.1) is 0 Å². The Kier molecular flexibility index (Phi) is 5.08. The van der Waals surface area contributed by atoms with Crippen LogP contribution in [0.25, 0.3) is 0 Å². The summed E-state index contributed by atoms with van der Waals surface area (Å²) in [4.78, 5) is 2.49. The maximum absolute atomic E-state index is 3.77. The molecule has 18 heavy (non-hydrogen) atoms. The van der Waals surface area contributed by atoms with Gasteiger partial charge >= 0.3 is 0 Å². The number of nitrogens with one attached hydrogen (secondary N) is 1. The van der Waals surface area contributed by atoms with E-state index in [1.165, 1.54) is 64.6 Å². The number of nitrogens with zero attached hydrogens (tertiary/aromatic N) is 1. The highest BCUT2D eigenvalue weighted by Gasteiger charge is 2.53. The Morgan fingerprint density at radius 1 is 1.28 bits per heavy atom. The van der Waals surface area contributed by atoms with Gasteiger partial charge in [0.15, 0.2) is 0 Å². The smallest absolute Gasteiger partial charge is 0.00388 e. The quantitative estimate of drug-likeness (QED) is 0.700. The topological polar surface area (TPSA) is 15.3 Å². The molecule has 1 aliphatic carbocycles.